The molecular formula is C20H22FN5O3S2. The molecule has 0 bridgehead atoms. The van der Waals surface area contributed by atoms with Gasteiger partial charge in [0.15, 0.2) is 11.0 Å². The number of anilines is 2. The highest BCUT2D eigenvalue weighted by molar-refractivity contribution is 7.99. The molecule has 31 heavy (non-hydrogen) atoms. The van der Waals surface area contributed by atoms with Gasteiger partial charge in [0.05, 0.1) is 29.9 Å². The van der Waals surface area contributed by atoms with Crippen LogP contribution in [0.15, 0.2) is 59.8 Å². The van der Waals surface area contributed by atoms with Crippen molar-refractivity contribution in [2.45, 2.75) is 25.2 Å². The Bertz CT molecular complexity index is 1150. The van der Waals surface area contributed by atoms with E-state index in [1.165, 1.54) is 16.4 Å². The molecule has 0 unspecified atom stereocenters. The van der Waals surface area contributed by atoms with Gasteiger partial charge in [0.2, 0.25) is 15.9 Å². The van der Waals surface area contributed by atoms with Gasteiger partial charge in [0.25, 0.3) is 0 Å². The predicted molar refractivity (Wildman–Crippen MR) is 119 cm³/mol. The number of sulfonamides is 1. The van der Waals surface area contributed by atoms with E-state index in [0.717, 1.165) is 18.0 Å². The van der Waals surface area contributed by atoms with Crippen molar-refractivity contribution in [3.05, 3.63) is 66.2 Å². The third kappa shape index (κ3) is 5.82. The van der Waals surface area contributed by atoms with E-state index >= 15 is 0 Å². The summed E-state index contributed by atoms with van der Waals surface area (Å²) >= 11 is 1.14. The molecule has 0 radical (unpaired) electrons. The standard InChI is InChI=1S/C20H22FN5O3S2/c1-3-25-18(13-26(31(2,28)29)15-9-5-4-6-10-15)23-24-20(25)30-14-19(27)22-17-12-8-7-11-16(17)21/h4-12H,3,13-14H2,1-2H3,(H,22,27). The molecule has 0 aliphatic heterocycles. The Balaban J connectivity index is 1.73. The Kier molecular flexibility index (Phi) is 7.29. The fraction of sp³-hybridized carbons (Fsp3) is 0.250. The van der Waals surface area contributed by atoms with Crippen molar-refractivity contribution in [3.63, 3.8) is 0 Å². The Labute approximate surface area is 184 Å². The number of carbonyl (C=O) groups excluding carboxylic acids is 1. The van der Waals surface area contributed by atoms with Gasteiger partial charge in [-0.1, -0.05) is 42.1 Å². The van der Waals surface area contributed by atoms with Gasteiger partial charge in [-0.25, -0.2) is 12.8 Å². The number of para-hydroxylation sites is 2. The van der Waals surface area contributed by atoms with E-state index in [9.17, 15) is 17.6 Å². The molecule has 0 aliphatic carbocycles. The number of nitrogens with zero attached hydrogens (tertiary/aromatic N) is 4. The molecule has 1 heterocycles. The van der Waals surface area contributed by atoms with Gasteiger partial charge in [-0.3, -0.25) is 9.10 Å². The fourth-order valence-electron chi connectivity index (χ4n) is 2.86. The molecule has 0 aliphatic rings. The van der Waals surface area contributed by atoms with E-state index < -0.39 is 15.8 Å². The largest absolute Gasteiger partial charge is 0.323 e. The molecule has 0 saturated heterocycles. The number of amides is 1. The summed E-state index contributed by atoms with van der Waals surface area (Å²) in [6.07, 6.45) is 1.13. The monoisotopic (exact) mass is 463 g/mol. The molecule has 11 heteroatoms. The molecule has 0 spiro atoms. The number of hydrogen-bond donors (Lipinski definition) is 1. The normalized spacial score (nSPS) is 11.3. The summed E-state index contributed by atoms with van der Waals surface area (Å²) in [6.45, 7) is 2.38. The molecule has 3 aromatic rings. The second kappa shape index (κ2) is 9.92. The van der Waals surface area contributed by atoms with Crippen LogP contribution in [0.1, 0.15) is 12.7 Å². The van der Waals surface area contributed by atoms with Crippen LogP contribution in [0.4, 0.5) is 15.8 Å². The predicted octanol–water partition coefficient (Wildman–Crippen LogP) is 3.13. The lowest BCUT2D eigenvalue weighted by molar-refractivity contribution is -0.113. The van der Waals surface area contributed by atoms with Crippen LogP contribution in [0.2, 0.25) is 0 Å². The minimum Gasteiger partial charge on any atom is -0.323 e. The second-order valence-electron chi connectivity index (χ2n) is 6.56. The zero-order valence-corrected chi connectivity index (χ0v) is 18.7. The van der Waals surface area contributed by atoms with Crippen LogP contribution in [0.25, 0.3) is 0 Å². The Morgan fingerprint density at radius 1 is 1.13 bits per heavy atom. The zero-order chi connectivity index (χ0) is 22.4. The molecule has 0 fully saturated rings. The van der Waals surface area contributed by atoms with Gasteiger partial charge in [-0.2, -0.15) is 0 Å². The Morgan fingerprint density at radius 3 is 2.45 bits per heavy atom. The smallest absolute Gasteiger partial charge is 0.234 e. The summed E-state index contributed by atoms with van der Waals surface area (Å²) in [6, 6.07) is 14.6. The van der Waals surface area contributed by atoms with Crippen LogP contribution < -0.4 is 9.62 Å². The number of aromatic nitrogens is 3. The first-order chi connectivity index (χ1) is 14.8. The molecule has 2 aromatic carbocycles. The lowest BCUT2D eigenvalue weighted by Crippen LogP contribution is -2.30. The lowest BCUT2D eigenvalue weighted by atomic mass is 10.3. The molecular weight excluding hydrogens is 441 g/mol. The summed E-state index contributed by atoms with van der Waals surface area (Å²) in [4.78, 5) is 12.2. The average molecular weight is 464 g/mol. The van der Waals surface area contributed by atoms with E-state index in [1.54, 1.807) is 47.0 Å². The number of carbonyl (C=O) groups is 1. The van der Waals surface area contributed by atoms with Gasteiger partial charge < -0.3 is 9.88 Å². The SMILES string of the molecule is CCn1c(CN(c2ccccc2)S(C)(=O)=O)nnc1SCC(=O)Nc1ccccc1F. The van der Waals surface area contributed by atoms with Crippen molar-refractivity contribution in [1.82, 2.24) is 14.8 Å². The van der Waals surface area contributed by atoms with Gasteiger partial charge in [0, 0.05) is 6.54 Å². The highest BCUT2D eigenvalue weighted by Crippen LogP contribution is 2.23. The molecule has 8 nitrogen and oxygen atoms in total. The van der Waals surface area contributed by atoms with Crippen LogP contribution in [0, 0.1) is 5.82 Å². The van der Waals surface area contributed by atoms with Crippen molar-refractivity contribution in [1.29, 1.82) is 0 Å². The molecule has 1 amide bonds. The topological polar surface area (TPSA) is 97.2 Å². The minimum atomic E-state index is -3.55. The van der Waals surface area contributed by atoms with Gasteiger partial charge in [-0.15, -0.1) is 10.2 Å². The maximum absolute atomic E-state index is 13.7. The van der Waals surface area contributed by atoms with Crippen molar-refractivity contribution in [3.8, 4) is 0 Å². The molecule has 3 rings (SSSR count). The summed E-state index contributed by atoms with van der Waals surface area (Å²) in [5.74, 6) is -0.444. The molecule has 164 valence electrons. The first-order valence-corrected chi connectivity index (χ1v) is 12.2. The van der Waals surface area contributed by atoms with Crippen LogP contribution in [-0.2, 0) is 27.9 Å². The van der Waals surface area contributed by atoms with Gasteiger partial charge >= 0.3 is 0 Å². The molecule has 1 N–H and O–H groups in total. The first kappa shape index (κ1) is 22.8. The third-order valence-corrected chi connectivity index (χ3v) is 6.43. The average Bonchev–Trinajstić information content (AvgIpc) is 3.13. The van der Waals surface area contributed by atoms with E-state index in [0.29, 0.717) is 23.2 Å². The number of benzene rings is 2. The quantitative estimate of drug-likeness (QED) is 0.490. The van der Waals surface area contributed by atoms with Gasteiger partial charge in [0.1, 0.15) is 5.82 Å². The number of rotatable bonds is 9. The maximum atomic E-state index is 13.7. The highest BCUT2D eigenvalue weighted by atomic mass is 32.2. The summed E-state index contributed by atoms with van der Waals surface area (Å²) in [7, 11) is -3.55. The van der Waals surface area contributed by atoms with Crippen LogP contribution in [0.5, 0.6) is 0 Å². The lowest BCUT2D eigenvalue weighted by Gasteiger charge is -2.22. The van der Waals surface area contributed by atoms with Crippen LogP contribution in [0.3, 0.4) is 0 Å². The van der Waals surface area contributed by atoms with Crippen LogP contribution in [-0.4, -0.2) is 41.1 Å². The number of thioether (sulfide) groups is 1. The summed E-state index contributed by atoms with van der Waals surface area (Å²) in [5.41, 5.74) is 0.631. The number of halogens is 1. The minimum absolute atomic E-state index is 0.000936. The molecule has 1 aromatic heterocycles. The highest BCUT2D eigenvalue weighted by Gasteiger charge is 2.22. The Hall–Kier alpha value is -2.92. The van der Waals surface area contributed by atoms with Crippen molar-refractivity contribution in [2.75, 3.05) is 21.6 Å². The Morgan fingerprint density at radius 2 is 1.81 bits per heavy atom. The third-order valence-electron chi connectivity index (χ3n) is 4.32. The maximum Gasteiger partial charge on any atom is 0.234 e. The van der Waals surface area contributed by atoms with Crippen LogP contribution >= 0.6 is 11.8 Å². The molecule has 0 saturated carbocycles. The molecule has 0 atom stereocenters. The summed E-state index contributed by atoms with van der Waals surface area (Å²) in [5, 5.41) is 11.2. The van der Waals surface area contributed by atoms with E-state index in [2.05, 4.69) is 15.5 Å². The fourth-order valence-corrected chi connectivity index (χ4v) is 4.54. The van der Waals surface area contributed by atoms with E-state index in [4.69, 9.17) is 0 Å². The van der Waals surface area contributed by atoms with Crippen molar-refractivity contribution < 1.29 is 17.6 Å². The number of hydrogen-bond acceptors (Lipinski definition) is 6. The first-order valence-electron chi connectivity index (χ1n) is 9.41. The zero-order valence-electron chi connectivity index (χ0n) is 17.0. The number of nitrogens with one attached hydrogen (secondary N) is 1. The van der Waals surface area contributed by atoms with Crippen molar-refractivity contribution in [2.24, 2.45) is 0 Å². The second-order valence-corrected chi connectivity index (χ2v) is 9.41. The summed E-state index contributed by atoms with van der Waals surface area (Å²) < 4.78 is 41.4. The van der Waals surface area contributed by atoms with E-state index in [-0.39, 0.29) is 23.9 Å². The van der Waals surface area contributed by atoms with Crippen molar-refractivity contribution >= 4 is 39.1 Å². The van der Waals surface area contributed by atoms with Gasteiger partial charge in [-0.05, 0) is 31.2 Å². The van der Waals surface area contributed by atoms with E-state index in [1.807, 2.05) is 6.92 Å².